The zero-order chi connectivity index (χ0) is 13.8. The first-order valence-electron chi connectivity index (χ1n) is 8.27. The Balaban J connectivity index is 1.56. The third-order valence-corrected chi connectivity index (χ3v) is 4.90. The minimum absolute atomic E-state index is 0.622. The first-order chi connectivity index (χ1) is 9.86. The van der Waals surface area contributed by atoms with Gasteiger partial charge in [-0.25, -0.2) is 4.98 Å². The van der Waals surface area contributed by atoms with Crippen LogP contribution < -0.4 is 10.6 Å². The molecule has 2 aliphatic rings. The van der Waals surface area contributed by atoms with Gasteiger partial charge in [-0.05, 0) is 38.1 Å². The molecule has 1 aromatic heterocycles. The number of oxazole rings is 1. The minimum Gasteiger partial charge on any atom is -0.444 e. The van der Waals surface area contributed by atoms with Crippen LogP contribution in [-0.2, 0) is 13.0 Å². The number of nitrogens with zero attached hydrogens (tertiary/aromatic N) is 1. The van der Waals surface area contributed by atoms with E-state index >= 15 is 0 Å². The summed E-state index contributed by atoms with van der Waals surface area (Å²) in [6, 6.07) is 1.35. The predicted octanol–water partition coefficient (Wildman–Crippen LogP) is 2.64. The number of nitrogens with one attached hydrogen (secondary N) is 2. The van der Waals surface area contributed by atoms with E-state index in [1.54, 1.807) is 0 Å². The average Bonchev–Trinajstić information content (AvgIpc) is 3.17. The molecule has 3 unspecified atom stereocenters. The zero-order valence-electron chi connectivity index (χ0n) is 12.5. The van der Waals surface area contributed by atoms with Crippen molar-refractivity contribution in [3.63, 3.8) is 0 Å². The highest BCUT2D eigenvalue weighted by atomic mass is 16.4. The van der Waals surface area contributed by atoms with Crippen LogP contribution in [0.2, 0.25) is 0 Å². The monoisotopic (exact) mass is 277 g/mol. The molecule has 2 N–H and O–H groups in total. The smallest absolute Gasteiger partial charge is 0.208 e. The van der Waals surface area contributed by atoms with Crippen LogP contribution in [0.25, 0.3) is 0 Å². The maximum absolute atomic E-state index is 5.70. The van der Waals surface area contributed by atoms with Gasteiger partial charge in [0.05, 0.1) is 12.7 Å². The fourth-order valence-electron chi connectivity index (χ4n) is 3.78. The SMILES string of the molecule is CCc1cnc(CNC2CCCCC2C2CCCN2)o1. The lowest BCUT2D eigenvalue weighted by molar-refractivity contribution is 0.209. The van der Waals surface area contributed by atoms with Gasteiger partial charge >= 0.3 is 0 Å². The summed E-state index contributed by atoms with van der Waals surface area (Å²) in [4.78, 5) is 4.35. The maximum Gasteiger partial charge on any atom is 0.208 e. The molecule has 2 heterocycles. The Bertz CT molecular complexity index is 412. The molecular formula is C16H27N3O. The van der Waals surface area contributed by atoms with E-state index in [9.17, 15) is 0 Å². The second kappa shape index (κ2) is 6.72. The summed E-state index contributed by atoms with van der Waals surface area (Å²) in [5, 5.41) is 7.39. The van der Waals surface area contributed by atoms with Crippen LogP contribution in [0.4, 0.5) is 0 Å². The third-order valence-electron chi connectivity index (χ3n) is 4.90. The molecule has 1 aliphatic heterocycles. The number of aryl methyl sites for hydroxylation is 1. The molecule has 1 aromatic rings. The molecule has 3 rings (SSSR count). The third kappa shape index (κ3) is 3.23. The van der Waals surface area contributed by atoms with E-state index in [2.05, 4.69) is 22.5 Å². The highest BCUT2D eigenvalue weighted by Gasteiger charge is 2.33. The molecule has 1 aliphatic carbocycles. The Hall–Kier alpha value is -0.870. The fourth-order valence-corrected chi connectivity index (χ4v) is 3.78. The topological polar surface area (TPSA) is 50.1 Å². The number of hydrogen-bond acceptors (Lipinski definition) is 4. The van der Waals surface area contributed by atoms with E-state index in [-0.39, 0.29) is 0 Å². The van der Waals surface area contributed by atoms with Gasteiger partial charge in [-0.2, -0.15) is 0 Å². The van der Waals surface area contributed by atoms with Gasteiger partial charge < -0.3 is 15.1 Å². The molecule has 0 bridgehead atoms. The Morgan fingerprint density at radius 2 is 2.20 bits per heavy atom. The molecule has 1 saturated carbocycles. The molecule has 0 aromatic carbocycles. The first kappa shape index (κ1) is 14.1. The summed E-state index contributed by atoms with van der Waals surface area (Å²) in [6.45, 7) is 4.07. The Kier molecular flexibility index (Phi) is 4.73. The quantitative estimate of drug-likeness (QED) is 0.868. The van der Waals surface area contributed by atoms with Gasteiger partial charge in [0.1, 0.15) is 5.76 Å². The summed E-state index contributed by atoms with van der Waals surface area (Å²) >= 11 is 0. The summed E-state index contributed by atoms with van der Waals surface area (Å²) in [7, 11) is 0. The van der Waals surface area contributed by atoms with Crippen molar-refractivity contribution < 1.29 is 4.42 Å². The molecule has 2 fully saturated rings. The Morgan fingerprint density at radius 1 is 1.30 bits per heavy atom. The molecule has 4 heteroatoms. The predicted molar refractivity (Wildman–Crippen MR) is 79.5 cm³/mol. The number of aromatic nitrogens is 1. The maximum atomic E-state index is 5.70. The van der Waals surface area contributed by atoms with Crippen LogP contribution in [0, 0.1) is 5.92 Å². The van der Waals surface area contributed by atoms with E-state index in [1.807, 2.05) is 6.20 Å². The minimum atomic E-state index is 0.622. The van der Waals surface area contributed by atoms with Crippen LogP contribution >= 0.6 is 0 Å². The van der Waals surface area contributed by atoms with E-state index < -0.39 is 0 Å². The summed E-state index contributed by atoms with van der Waals surface area (Å²) < 4.78 is 5.70. The number of rotatable bonds is 5. The first-order valence-corrected chi connectivity index (χ1v) is 8.27. The van der Waals surface area contributed by atoms with Crippen molar-refractivity contribution in [2.75, 3.05) is 6.54 Å². The van der Waals surface area contributed by atoms with Gasteiger partial charge in [-0.3, -0.25) is 0 Å². The van der Waals surface area contributed by atoms with Crippen LogP contribution in [0.15, 0.2) is 10.6 Å². The summed E-state index contributed by atoms with van der Waals surface area (Å²) in [6.07, 6.45) is 10.9. The lowest BCUT2D eigenvalue weighted by Gasteiger charge is -2.36. The van der Waals surface area contributed by atoms with Crippen molar-refractivity contribution in [1.29, 1.82) is 0 Å². The molecular weight excluding hydrogens is 250 g/mol. The normalized spacial score (nSPS) is 30.8. The molecule has 0 spiro atoms. The van der Waals surface area contributed by atoms with E-state index in [0.717, 1.165) is 36.6 Å². The van der Waals surface area contributed by atoms with E-state index in [4.69, 9.17) is 4.42 Å². The van der Waals surface area contributed by atoms with Gasteiger partial charge in [0.15, 0.2) is 0 Å². The van der Waals surface area contributed by atoms with Gasteiger partial charge in [0.2, 0.25) is 5.89 Å². The van der Waals surface area contributed by atoms with E-state index in [0.29, 0.717) is 6.04 Å². The van der Waals surface area contributed by atoms with Gasteiger partial charge in [0.25, 0.3) is 0 Å². The van der Waals surface area contributed by atoms with Gasteiger partial charge in [-0.1, -0.05) is 19.8 Å². The second-order valence-corrected chi connectivity index (χ2v) is 6.21. The second-order valence-electron chi connectivity index (χ2n) is 6.21. The largest absolute Gasteiger partial charge is 0.444 e. The Labute approximate surface area is 121 Å². The fraction of sp³-hybridized carbons (Fsp3) is 0.812. The van der Waals surface area contributed by atoms with Gasteiger partial charge in [0, 0.05) is 18.5 Å². The molecule has 0 radical (unpaired) electrons. The van der Waals surface area contributed by atoms with Crippen molar-refractivity contribution in [3.8, 4) is 0 Å². The summed E-state index contributed by atoms with van der Waals surface area (Å²) in [5.41, 5.74) is 0. The lowest BCUT2D eigenvalue weighted by atomic mass is 9.79. The molecule has 1 saturated heterocycles. The van der Waals surface area contributed by atoms with E-state index in [1.165, 1.54) is 45.1 Å². The zero-order valence-corrected chi connectivity index (χ0v) is 12.5. The van der Waals surface area contributed by atoms with Crippen LogP contribution in [-0.4, -0.2) is 23.6 Å². The van der Waals surface area contributed by atoms with Crippen LogP contribution in [0.3, 0.4) is 0 Å². The molecule has 0 amide bonds. The summed E-state index contributed by atoms with van der Waals surface area (Å²) in [5.74, 6) is 2.61. The highest BCUT2D eigenvalue weighted by molar-refractivity contribution is 4.95. The van der Waals surface area contributed by atoms with Crippen LogP contribution in [0.1, 0.15) is 57.1 Å². The lowest BCUT2D eigenvalue weighted by Crippen LogP contribution is -2.46. The number of hydrogen-bond donors (Lipinski definition) is 2. The standard InChI is InChI=1S/C16H27N3O/c1-2-12-10-19-16(20-12)11-18-15-7-4-3-6-13(15)14-8-5-9-17-14/h10,13-15,17-18H,2-9,11H2,1H3. The van der Waals surface area contributed by atoms with Gasteiger partial charge in [-0.15, -0.1) is 0 Å². The van der Waals surface area contributed by atoms with Crippen molar-refractivity contribution in [3.05, 3.63) is 17.8 Å². The molecule has 112 valence electrons. The van der Waals surface area contributed by atoms with Crippen molar-refractivity contribution in [2.24, 2.45) is 5.92 Å². The van der Waals surface area contributed by atoms with Crippen molar-refractivity contribution in [1.82, 2.24) is 15.6 Å². The molecule has 4 nitrogen and oxygen atoms in total. The average molecular weight is 277 g/mol. The molecule has 3 atom stereocenters. The van der Waals surface area contributed by atoms with Crippen molar-refractivity contribution >= 4 is 0 Å². The van der Waals surface area contributed by atoms with Crippen LogP contribution in [0.5, 0.6) is 0 Å². The van der Waals surface area contributed by atoms with Crippen molar-refractivity contribution in [2.45, 2.75) is 70.5 Å². The molecule has 20 heavy (non-hydrogen) atoms. The highest BCUT2D eigenvalue weighted by Crippen LogP contribution is 2.30. The Morgan fingerprint density at radius 3 is 2.95 bits per heavy atom.